The van der Waals surface area contributed by atoms with E-state index in [-0.39, 0.29) is 5.91 Å². The molecule has 8 heteroatoms. The Labute approximate surface area is 139 Å². The SMILES string of the molecule is CCCN(CCF)c1ccn2ncc(NC(=O)CCCCl)c2n1. The maximum atomic E-state index is 12.7. The van der Waals surface area contributed by atoms with Crippen molar-refractivity contribution in [2.45, 2.75) is 26.2 Å². The molecule has 0 fully saturated rings. The van der Waals surface area contributed by atoms with Crippen molar-refractivity contribution in [2.75, 3.05) is 35.9 Å². The number of carbonyl (C=O) groups is 1. The molecule has 6 nitrogen and oxygen atoms in total. The second-order valence-corrected chi connectivity index (χ2v) is 5.51. The van der Waals surface area contributed by atoms with E-state index in [2.05, 4.69) is 15.4 Å². The van der Waals surface area contributed by atoms with Crippen molar-refractivity contribution in [3.05, 3.63) is 18.5 Å². The van der Waals surface area contributed by atoms with Crippen LogP contribution in [0.5, 0.6) is 0 Å². The number of hydrogen-bond acceptors (Lipinski definition) is 4. The summed E-state index contributed by atoms with van der Waals surface area (Å²) in [6, 6.07) is 1.80. The molecule has 1 amide bonds. The minimum Gasteiger partial charge on any atom is -0.354 e. The summed E-state index contributed by atoms with van der Waals surface area (Å²) in [6.45, 7) is 2.61. The quantitative estimate of drug-likeness (QED) is 0.712. The predicted octanol–water partition coefficient (Wildman–Crippen LogP) is 2.87. The van der Waals surface area contributed by atoms with Crippen LogP contribution in [-0.4, -0.2) is 46.1 Å². The number of alkyl halides is 2. The van der Waals surface area contributed by atoms with E-state index in [1.54, 1.807) is 23.0 Å². The molecule has 0 aliphatic rings. The lowest BCUT2D eigenvalue weighted by Crippen LogP contribution is -2.27. The summed E-state index contributed by atoms with van der Waals surface area (Å²) >= 11 is 5.59. The fourth-order valence-electron chi connectivity index (χ4n) is 2.28. The lowest BCUT2D eigenvalue weighted by Gasteiger charge is -2.21. The molecule has 2 aromatic heterocycles. The molecule has 2 rings (SSSR count). The summed E-state index contributed by atoms with van der Waals surface area (Å²) in [5.74, 6) is 0.996. The van der Waals surface area contributed by atoms with Crippen molar-refractivity contribution < 1.29 is 9.18 Å². The van der Waals surface area contributed by atoms with E-state index in [1.165, 1.54) is 0 Å². The average Bonchev–Trinajstić information content (AvgIpc) is 2.95. The third kappa shape index (κ3) is 4.54. The molecule has 0 radical (unpaired) electrons. The molecule has 0 aliphatic heterocycles. The molecule has 23 heavy (non-hydrogen) atoms. The largest absolute Gasteiger partial charge is 0.354 e. The third-order valence-corrected chi connectivity index (χ3v) is 3.61. The average molecular weight is 342 g/mol. The van der Waals surface area contributed by atoms with Gasteiger partial charge in [-0.25, -0.2) is 13.9 Å². The van der Waals surface area contributed by atoms with Crippen LogP contribution in [0.15, 0.2) is 18.5 Å². The van der Waals surface area contributed by atoms with Gasteiger partial charge in [-0.1, -0.05) is 6.92 Å². The molecule has 2 aromatic rings. The molecule has 0 spiro atoms. The van der Waals surface area contributed by atoms with Crippen LogP contribution in [0.25, 0.3) is 5.65 Å². The second-order valence-electron chi connectivity index (χ2n) is 5.13. The van der Waals surface area contributed by atoms with Crippen LogP contribution in [0.4, 0.5) is 15.9 Å². The molecule has 0 aromatic carbocycles. The van der Waals surface area contributed by atoms with Crippen molar-refractivity contribution in [1.29, 1.82) is 0 Å². The lowest BCUT2D eigenvalue weighted by molar-refractivity contribution is -0.116. The molecule has 1 N–H and O–H groups in total. The van der Waals surface area contributed by atoms with Gasteiger partial charge in [-0.05, 0) is 18.9 Å². The van der Waals surface area contributed by atoms with Crippen molar-refractivity contribution in [3.8, 4) is 0 Å². The van der Waals surface area contributed by atoms with Crippen LogP contribution in [0.3, 0.4) is 0 Å². The van der Waals surface area contributed by atoms with Gasteiger partial charge in [0, 0.05) is 31.6 Å². The monoisotopic (exact) mass is 341 g/mol. The first-order valence-electron chi connectivity index (χ1n) is 7.70. The highest BCUT2D eigenvalue weighted by Gasteiger charge is 2.13. The van der Waals surface area contributed by atoms with E-state index in [9.17, 15) is 9.18 Å². The number of anilines is 2. The van der Waals surface area contributed by atoms with Gasteiger partial charge in [0.2, 0.25) is 5.91 Å². The van der Waals surface area contributed by atoms with Crippen molar-refractivity contribution in [2.24, 2.45) is 0 Å². The number of nitrogens with one attached hydrogen (secondary N) is 1. The number of fused-ring (bicyclic) bond motifs is 1. The number of hydrogen-bond donors (Lipinski definition) is 1. The van der Waals surface area contributed by atoms with E-state index in [4.69, 9.17) is 11.6 Å². The Kier molecular flexibility index (Phi) is 6.58. The highest BCUT2D eigenvalue weighted by molar-refractivity contribution is 6.18. The summed E-state index contributed by atoms with van der Waals surface area (Å²) < 4.78 is 14.3. The standard InChI is InChI=1S/C15H21ClFN5O/c1-2-8-21(10-7-17)13-5-9-22-15(20-13)12(11-18-22)19-14(23)4-3-6-16/h5,9,11H,2-4,6-8,10H2,1H3,(H,19,23). The maximum Gasteiger partial charge on any atom is 0.224 e. The molecular weight excluding hydrogens is 321 g/mol. The van der Waals surface area contributed by atoms with E-state index in [1.807, 2.05) is 11.8 Å². The molecule has 2 heterocycles. The second kappa shape index (κ2) is 8.67. The molecule has 0 atom stereocenters. The Hall–Kier alpha value is -1.89. The molecular formula is C15H21ClFN5O. The number of rotatable bonds is 9. The summed E-state index contributed by atoms with van der Waals surface area (Å²) in [7, 11) is 0. The van der Waals surface area contributed by atoms with Gasteiger partial charge in [0.25, 0.3) is 0 Å². The Morgan fingerprint density at radius 1 is 1.48 bits per heavy atom. The van der Waals surface area contributed by atoms with E-state index in [0.29, 0.717) is 42.4 Å². The minimum absolute atomic E-state index is 0.123. The van der Waals surface area contributed by atoms with Gasteiger partial charge in [0.1, 0.15) is 18.2 Å². The minimum atomic E-state index is -0.436. The van der Waals surface area contributed by atoms with Gasteiger partial charge in [0.15, 0.2) is 5.65 Å². The highest BCUT2D eigenvalue weighted by Crippen LogP contribution is 2.19. The maximum absolute atomic E-state index is 12.7. The van der Waals surface area contributed by atoms with Crippen LogP contribution >= 0.6 is 11.6 Å². The van der Waals surface area contributed by atoms with Crippen LogP contribution in [0.2, 0.25) is 0 Å². The van der Waals surface area contributed by atoms with Crippen LogP contribution in [0.1, 0.15) is 26.2 Å². The topological polar surface area (TPSA) is 62.5 Å². The fraction of sp³-hybridized carbons (Fsp3) is 0.533. The number of amides is 1. The summed E-state index contributed by atoms with van der Waals surface area (Å²) in [5, 5.41) is 6.96. The van der Waals surface area contributed by atoms with Crippen molar-refractivity contribution in [1.82, 2.24) is 14.6 Å². The lowest BCUT2D eigenvalue weighted by atomic mass is 10.3. The van der Waals surface area contributed by atoms with Crippen LogP contribution < -0.4 is 10.2 Å². The van der Waals surface area contributed by atoms with Crippen molar-refractivity contribution in [3.63, 3.8) is 0 Å². The van der Waals surface area contributed by atoms with E-state index < -0.39 is 6.67 Å². The van der Waals surface area contributed by atoms with Crippen molar-refractivity contribution >= 4 is 34.7 Å². The molecule has 0 aliphatic carbocycles. The third-order valence-electron chi connectivity index (χ3n) is 3.34. The molecule has 0 saturated carbocycles. The zero-order valence-electron chi connectivity index (χ0n) is 13.1. The number of aromatic nitrogens is 3. The van der Waals surface area contributed by atoms with Crippen LogP contribution in [0, 0.1) is 0 Å². The smallest absolute Gasteiger partial charge is 0.224 e. The van der Waals surface area contributed by atoms with Gasteiger partial charge in [0.05, 0.1) is 6.20 Å². The first-order chi connectivity index (χ1) is 11.2. The molecule has 0 unspecified atom stereocenters. The van der Waals surface area contributed by atoms with Gasteiger partial charge >= 0.3 is 0 Å². The Morgan fingerprint density at radius 3 is 3.00 bits per heavy atom. The Balaban J connectivity index is 2.23. The molecule has 0 saturated heterocycles. The fourth-order valence-corrected chi connectivity index (χ4v) is 2.41. The molecule has 0 bridgehead atoms. The predicted molar refractivity (Wildman–Crippen MR) is 90.0 cm³/mol. The number of nitrogens with zero attached hydrogens (tertiary/aromatic N) is 4. The Bertz CT molecular complexity index is 642. The molecule has 126 valence electrons. The summed E-state index contributed by atoms with van der Waals surface area (Å²) in [6.07, 6.45) is 5.18. The first kappa shape index (κ1) is 17.5. The van der Waals surface area contributed by atoms with Gasteiger partial charge < -0.3 is 10.2 Å². The number of carbonyl (C=O) groups excluding carboxylic acids is 1. The van der Waals surface area contributed by atoms with Gasteiger partial charge in [-0.15, -0.1) is 11.6 Å². The highest BCUT2D eigenvalue weighted by atomic mass is 35.5. The summed E-state index contributed by atoms with van der Waals surface area (Å²) in [4.78, 5) is 18.2. The van der Waals surface area contributed by atoms with Gasteiger partial charge in [-0.3, -0.25) is 4.79 Å². The van der Waals surface area contributed by atoms with E-state index >= 15 is 0 Å². The van der Waals surface area contributed by atoms with Crippen LogP contribution in [-0.2, 0) is 4.79 Å². The number of halogens is 2. The Morgan fingerprint density at radius 2 is 2.30 bits per heavy atom. The first-order valence-corrected chi connectivity index (χ1v) is 8.24. The van der Waals surface area contributed by atoms with E-state index in [0.717, 1.165) is 13.0 Å². The normalized spacial score (nSPS) is 10.9. The zero-order chi connectivity index (χ0) is 16.7. The van der Waals surface area contributed by atoms with Gasteiger partial charge in [-0.2, -0.15) is 5.10 Å². The zero-order valence-corrected chi connectivity index (χ0v) is 13.9. The summed E-state index contributed by atoms with van der Waals surface area (Å²) in [5.41, 5.74) is 1.09.